The highest BCUT2D eigenvalue weighted by Gasteiger charge is 2.30. The summed E-state index contributed by atoms with van der Waals surface area (Å²) >= 11 is 0. The van der Waals surface area contributed by atoms with Crippen molar-refractivity contribution in [3.63, 3.8) is 0 Å². The Morgan fingerprint density at radius 2 is 1.67 bits per heavy atom. The van der Waals surface area contributed by atoms with Gasteiger partial charge in [-0.3, -0.25) is 14.5 Å². The van der Waals surface area contributed by atoms with E-state index in [0.717, 1.165) is 19.6 Å². The predicted molar refractivity (Wildman–Crippen MR) is 110 cm³/mol. The third-order valence-electron chi connectivity index (χ3n) is 5.52. The summed E-state index contributed by atoms with van der Waals surface area (Å²) in [6, 6.07) is 5.34. The first-order chi connectivity index (χ1) is 14.6. The summed E-state index contributed by atoms with van der Waals surface area (Å²) in [4.78, 5) is 31.1. The lowest BCUT2D eigenvalue weighted by molar-refractivity contribution is -0.143. The van der Waals surface area contributed by atoms with E-state index in [1.807, 2.05) is 4.90 Å². The van der Waals surface area contributed by atoms with E-state index < -0.39 is 0 Å². The average molecular weight is 421 g/mol. The zero-order valence-corrected chi connectivity index (χ0v) is 18.0. The van der Waals surface area contributed by atoms with E-state index in [-0.39, 0.29) is 24.5 Å². The van der Waals surface area contributed by atoms with Gasteiger partial charge in [0.05, 0.1) is 26.9 Å². The van der Waals surface area contributed by atoms with Gasteiger partial charge >= 0.3 is 0 Å². The fourth-order valence-corrected chi connectivity index (χ4v) is 3.91. The lowest BCUT2D eigenvalue weighted by atomic mass is 10.1. The molecule has 3 rings (SSSR count). The van der Waals surface area contributed by atoms with Gasteiger partial charge in [-0.25, -0.2) is 0 Å². The Hall–Kier alpha value is -2.36. The number of benzene rings is 1. The van der Waals surface area contributed by atoms with Crippen LogP contribution in [0.4, 0.5) is 0 Å². The van der Waals surface area contributed by atoms with Gasteiger partial charge in [-0.15, -0.1) is 0 Å². The first-order valence-corrected chi connectivity index (χ1v) is 10.2. The number of nitrogens with zero attached hydrogens (tertiary/aromatic N) is 3. The molecular weight excluding hydrogens is 390 g/mol. The highest BCUT2D eigenvalue weighted by Crippen LogP contribution is 2.29. The lowest BCUT2D eigenvalue weighted by Gasteiger charge is -2.39. The Morgan fingerprint density at radius 1 is 1.00 bits per heavy atom. The molecule has 1 aromatic rings. The SMILES string of the molecule is COCC(=O)N1CCO[C@@H](CN2CCN(C(=O)c3c(OC)cccc3OC)CC2)C1. The molecule has 9 heteroatoms. The topological polar surface area (TPSA) is 80.8 Å². The van der Waals surface area contributed by atoms with Crippen molar-refractivity contribution in [2.45, 2.75) is 6.10 Å². The largest absolute Gasteiger partial charge is 0.496 e. The lowest BCUT2D eigenvalue weighted by Crippen LogP contribution is -2.54. The van der Waals surface area contributed by atoms with Crippen LogP contribution in [0.5, 0.6) is 11.5 Å². The van der Waals surface area contributed by atoms with Gasteiger partial charge in [0.15, 0.2) is 0 Å². The van der Waals surface area contributed by atoms with E-state index >= 15 is 0 Å². The van der Waals surface area contributed by atoms with Gasteiger partial charge in [0.1, 0.15) is 23.7 Å². The van der Waals surface area contributed by atoms with Gasteiger partial charge in [-0.05, 0) is 12.1 Å². The first kappa shape index (κ1) is 22.3. The molecule has 0 saturated carbocycles. The number of morpholine rings is 1. The van der Waals surface area contributed by atoms with Crippen molar-refractivity contribution in [3.05, 3.63) is 23.8 Å². The van der Waals surface area contributed by atoms with E-state index in [0.29, 0.717) is 49.8 Å². The number of hydrogen-bond acceptors (Lipinski definition) is 7. The third kappa shape index (κ3) is 5.21. The van der Waals surface area contributed by atoms with E-state index in [9.17, 15) is 9.59 Å². The molecule has 2 fully saturated rings. The summed E-state index contributed by atoms with van der Waals surface area (Å²) < 4.78 is 21.5. The van der Waals surface area contributed by atoms with E-state index in [1.54, 1.807) is 37.3 Å². The molecule has 9 nitrogen and oxygen atoms in total. The number of carbonyl (C=O) groups is 2. The molecule has 2 saturated heterocycles. The normalized spacial score (nSPS) is 20.2. The average Bonchev–Trinajstić information content (AvgIpc) is 2.78. The summed E-state index contributed by atoms with van der Waals surface area (Å²) in [5, 5.41) is 0. The van der Waals surface area contributed by atoms with Gasteiger partial charge in [-0.1, -0.05) is 6.07 Å². The predicted octanol–water partition coefficient (Wildman–Crippen LogP) is 0.335. The van der Waals surface area contributed by atoms with Crippen LogP contribution in [0.2, 0.25) is 0 Å². The molecule has 166 valence electrons. The van der Waals surface area contributed by atoms with Crippen LogP contribution in [0.1, 0.15) is 10.4 Å². The van der Waals surface area contributed by atoms with Gasteiger partial charge in [0.2, 0.25) is 5.91 Å². The van der Waals surface area contributed by atoms with Crippen molar-refractivity contribution in [2.75, 3.05) is 80.4 Å². The van der Waals surface area contributed by atoms with Crippen molar-refractivity contribution >= 4 is 11.8 Å². The maximum atomic E-state index is 13.1. The number of rotatable bonds is 7. The summed E-state index contributed by atoms with van der Waals surface area (Å²) in [6.45, 7) is 5.24. The van der Waals surface area contributed by atoms with Gasteiger partial charge in [-0.2, -0.15) is 0 Å². The van der Waals surface area contributed by atoms with Gasteiger partial charge in [0, 0.05) is 52.9 Å². The summed E-state index contributed by atoms with van der Waals surface area (Å²) in [5.74, 6) is 0.928. The maximum absolute atomic E-state index is 13.1. The number of hydrogen-bond donors (Lipinski definition) is 0. The molecule has 2 aliphatic heterocycles. The Balaban J connectivity index is 1.54. The van der Waals surface area contributed by atoms with Crippen LogP contribution in [0.3, 0.4) is 0 Å². The van der Waals surface area contributed by atoms with Crippen LogP contribution in [0.15, 0.2) is 18.2 Å². The second kappa shape index (κ2) is 10.6. The minimum Gasteiger partial charge on any atom is -0.496 e. The highest BCUT2D eigenvalue weighted by atomic mass is 16.5. The number of ether oxygens (including phenoxy) is 4. The second-order valence-corrected chi connectivity index (χ2v) is 7.40. The summed E-state index contributed by atoms with van der Waals surface area (Å²) in [7, 11) is 4.62. The summed E-state index contributed by atoms with van der Waals surface area (Å²) in [5.41, 5.74) is 0.457. The fraction of sp³-hybridized carbons (Fsp3) is 0.619. The maximum Gasteiger partial charge on any atom is 0.261 e. The second-order valence-electron chi connectivity index (χ2n) is 7.40. The van der Waals surface area contributed by atoms with Crippen LogP contribution < -0.4 is 9.47 Å². The van der Waals surface area contributed by atoms with E-state index in [1.165, 1.54) is 7.11 Å². The van der Waals surface area contributed by atoms with E-state index in [4.69, 9.17) is 18.9 Å². The molecule has 1 aromatic carbocycles. The molecular formula is C21H31N3O6. The Bertz CT molecular complexity index is 713. The smallest absolute Gasteiger partial charge is 0.261 e. The molecule has 2 heterocycles. The molecule has 0 spiro atoms. The minimum atomic E-state index is -0.0887. The molecule has 0 aromatic heterocycles. The van der Waals surface area contributed by atoms with Gasteiger partial charge < -0.3 is 28.7 Å². The zero-order valence-electron chi connectivity index (χ0n) is 18.0. The molecule has 30 heavy (non-hydrogen) atoms. The Morgan fingerprint density at radius 3 is 2.27 bits per heavy atom. The Kier molecular flexibility index (Phi) is 7.89. The molecule has 2 amide bonds. The first-order valence-electron chi connectivity index (χ1n) is 10.2. The van der Waals surface area contributed by atoms with Crippen molar-refractivity contribution < 1.29 is 28.5 Å². The van der Waals surface area contributed by atoms with Gasteiger partial charge in [0.25, 0.3) is 5.91 Å². The highest BCUT2D eigenvalue weighted by molar-refractivity contribution is 5.99. The standard InChI is InChI=1S/C21H31N3O6/c1-27-15-19(25)24-11-12-30-16(14-24)13-22-7-9-23(10-8-22)21(26)20-17(28-2)5-4-6-18(20)29-3/h4-6,16H,7-15H2,1-3H3/t16-/m0/s1. The summed E-state index contributed by atoms with van der Waals surface area (Å²) in [6.07, 6.45) is -0.0314. The molecule has 2 aliphatic rings. The zero-order chi connectivity index (χ0) is 21.5. The molecule has 0 bridgehead atoms. The van der Waals surface area contributed by atoms with E-state index in [2.05, 4.69) is 4.90 Å². The molecule has 0 radical (unpaired) electrons. The van der Waals surface area contributed by atoms with Crippen LogP contribution in [-0.2, 0) is 14.3 Å². The van der Waals surface area contributed by atoms with Crippen molar-refractivity contribution in [1.29, 1.82) is 0 Å². The Labute approximate surface area is 177 Å². The molecule has 1 atom stereocenters. The van der Waals surface area contributed by atoms with Crippen molar-refractivity contribution in [3.8, 4) is 11.5 Å². The number of piperazine rings is 1. The number of amides is 2. The van der Waals surface area contributed by atoms with Crippen molar-refractivity contribution in [2.24, 2.45) is 0 Å². The van der Waals surface area contributed by atoms with Crippen LogP contribution in [-0.4, -0.2) is 113 Å². The van der Waals surface area contributed by atoms with Crippen molar-refractivity contribution in [1.82, 2.24) is 14.7 Å². The molecule has 0 aliphatic carbocycles. The number of carbonyl (C=O) groups excluding carboxylic acids is 2. The quantitative estimate of drug-likeness (QED) is 0.628. The van der Waals surface area contributed by atoms with Crippen LogP contribution in [0.25, 0.3) is 0 Å². The third-order valence-corrected chi connectivity index (χ3v) is 5.52. The van der Waals surface area contributed by atoms with Crippen LogP contribution in [0, 0.1) is 0 Å². The fourth-order valence-electron chi connectivity index (χ4n) is 3.91. The molecule has 0 unspecified atom stereocenters. The minimum absolute atomic E-state index is 0.00743. The molecule has 0 N–H and O–H groups in total. The van der Waals surface area contributed by atoms with Crippen LogP contribution >= 0.6 is 0 Å². The number of methoxy groups -OCH3 is 3. The monoisotopic (exact) mass is 421 g/mol.